The molecule has 0 spiro atoms. The van der Waals surface area contributed by atoms with Crippen LogP contribution in [-0.2, 0) is 11.3 Å². The zero-order chi connectivity index (χ0) is 14.1. The van der Waals surface area contributed by atoms with Gasteiger partial charge >= 0.3 is 0 Å². The number of nitrogens with one attached hydrogen (secondary N) is 1. The molecule has 2 aromatic rings. The third kappa shape index (κ3) is 2.09. The van der Waals surface area contributed by atoms with Gasteiger partial charge in [-0.1, -0.05) is 25.5 Å². The molecule has 2 heterocycles. The molecule has 1 N–H and O–H groups in total. The average Bonchev–Trinajstić information content (AvgIpc) is 2.60. The van der Waals surface area contributed by atoms with Gasteiger partial charge in [-0.2, -0.15) is 0 Å². The molecule has 0 saturated carbocycles. The Morgan fingerprint density at radius 3 is 2.95 bits per heavy atom. The highest BCUT2D eigenvalue weighted by Gasteiger charge is 2.24. The van der Waals surface area contributed by atoms with Crippen LogP contribution < -0.4 is 10.9 Å². The van der Waals surface area contributed by atoms with Gasteiger partial charge in [-0.25, -0.2) is 4.98 Å². The highest BCUT2D eigenvalue weighted by molar-refractivity contribution is 5.79. The molecule has 1 aromatic carbocycles. The molecule has 1 aliphatic heterocycles. The summed E-state index contributed by atoms with van der Waals surface area (Å²) in [7, 11) is 0. The Morgan fingerprint density at radius 1 is 1.35 bits per heavy atom. The maximum Gasteiger partial charge on any atom is 0.261 e. The van der Waals surface area contributed by atoms with Crippen molar-refractivity contribution < 1.29 is 4.79 Å². The van der Waals surface area contributed by atoms with Crippen LogP contribution in [0.3, 0.4) is 0 Å². The molecule has 0 unspecified atom stereocenters. The number of hydrogen-bond donors (Lipinski definition) is 1. The average molecular weight is 271 g/mol. The minimum atomic E-state index is -0.174. The molecule has 0 fully saturated rings. The highest BCUT2D eigenvalue weighted by Crippen LogP contribution is 2.20. The van der Waals surface area contributed by atoms with Gasteiger partial charge in [0.05, 0.1) is 16.9 Å². The number of rotatable bonds is 2. The van der Waals surface area contributed by atoms with Crippen LogP contribution in [0.25, 0.3) is 10.9 Å². The molecule has 0 bridgehead atoms. The van der Waals surface area contributed by atoms with E-state index in [-0.39, 0.29) is 17.5 Å². The van der Waals surface area contributed by atoms with Gasteiger partial charge < -0.3 is 5.32 Å². The van der Waals surface area contributed by atoms with E-state index in [0.29, 0.717) is 29.7 Å². The number of fused-ring (bicyclic) bond motifs is 2. The lowest BCUT2D eigenvalue weighted by atomic mass is 10.1. The molecule has 20 heavy (non-hydrogen) atoms. The molecule has 0 aliphatic carbocycles. The van der Waals surface area contributed by atoms with Gasteiger partial charge in [-0.05, 0) is 18.6 Å². The van der Waals surface area contributed by atoms with Gasteiger partial charge in [-0.3, -0.25) is 14.2 Å². The van der Waals surface area contributed by atoms with Gasteiger partial charge in [0.25, 0.3) is 5.56 Å². The Hall–Kier alpha value is -2.17. The molecular formula is C15H17N3O2. The van der Waals surface area contributed by atoms with Gasteiger partial charge in [0.1, 0.15) is 5.82 Å². The molecule has 5 nitrogen and oxygen atoms in total. The van der Waals surface area contributed by atoms with E-state index >= 15 is 0 Å². The Morgan fingerprint density at radius 2 is 2.15 bits per heavy atom. The third-order valence-corrected chi connectivity index (χ3v) is 3.68. The zero-order valence-corrected chi connectivity index (χ0v) is 11.4. The lowest BCUT2D eigenvalue weighted by molar-refractivity contribution is -0.121. The summed E-state index contributed by atoms with van der Waals surface area (Å²) >= 11 is 0. The summed E-state index contributed by atoms with van der Waals surface area (Å²) in [5, 5.41) is 3.58. The molecule has 1 aromatic heterocycles. The number of carbonyl (C=O) groups is 1. The van der Waals surface area contributed by atoms with Crippen molar-refractivity contribution in [2.24, 2.45) is 0 Å². The Kier molecular flexibility index (Phi) is 3.26. The van der Waals surface area contributed by atoms with E-state index in [1.807, 2.05) is 18.2 Å². The Labute approximate surface area is 116 Å². The first-order chi connectivity index (χ1) is 9.70. The van der Waals surface area contributed by atoms with Crippen molar-refractivity contribution in [2.75, 3.05) is 0 Å². The summed E-state index contributed by atoms with van der Waals surface area (Å²) in [6.45, 7) is 2.46. The van der Waals surface area contributed by atoms with Crippen LogP contribution >= 0.6 is 0 Å². The van der Waals surface area contributed by atoms with Crippen LogP contribution in [0.5, 0.6) is 0 Å². The van der Waals surface area contributed by atoms with Crippen LogP contribution in [0.2, 0.25) is 0 Å². The summed E-state index contributed by atoms with van der Waals surface area (Å²) in [4.78, 5) is 29.0. The standard InChI is InChI=1S/C15H17N3O2/c1-2-5-12-14-17-11-7-4-3-6-10(11)15(20)18(14)9-8-13(19)16-12/h3-4,6-7,12H,2,5,8-9H2,1H3,(H,16,19)/t12-/m0/s1. The van der Waals surface area contributed by atoms with Gasteiger partial charge in [0.15, 0.2) is 0 Å². The zero-order valence-electron chi connectivity index (χ0n) is 11.4. The van der Waals surface area contributed by atoms with E-state index in [1.54, 1.807) is 10.6 Å². The monoisotopic (exact) mass is 271 g/mol. The fourth-order valence-corrected chi connectivity index (χ4v) is 2.70. The maximum atomic E-state index is 12.6. The number of aromatic nitrogens is 2. The summed E-state index contributed by atoms with van der Waals surface area (Å²) in [5.74, 6) is 0.666. The van der Waals surface area contributed by atoms with Crippen LogP contribution in [0, 0.1) is 0 Å². The Balaban J connectivity index is 2.25. The second-order valence-electron chi connectivity index (χ2n) is 5.10. The first-order valence-corrected chi connectivity index (χ1v) is 6.99. The molecule has 0 saturated heterocycles. The maximum absolute atomic E-state index is 12.6. The summed E-state index contributed by atoms with van der Waals surface area (Å²) in [5.41, 5.74) is 0.643. The first-order valence-electron chi connectivity index (χ1n) is 6.99. The SMILES string of the molecule is CCC[C@@H]1NC(=O)CCn2c1nc1ccccc1c2=O. The van der Waals surface area contributed by atoms with Crippen molar-refractivity contribution in [3.05, 3.63) is 40.4 Å². The van der Waals surface area contributed by atoms with Gasteiger partial charge in [0.2, 0.25) is 5.91 Å². The highest BCUT2D eigenvalue weighted by atomic mass is 16.2. The summed E-state index contributed by atoms with van der Waals surface area (Å²) in [6, 6.07) is 7.16. The number of hydrogen-bond acceptors (Lipinski definition) is 3. The fraction of sp³-hybridized carbons (Fsp3) is 0.400. The molecule has 1 amide bonds. The minimum absolute atomic E-state index is 0.0163. The molecule has 1 atom stereocenters. The Bertz CT molecular complexity index is 721. The van der Waals surface area contributed by atoms with E-state index in [1.165, 1.54) is 0 Å². The first kappa shape index (κ1) is 12.8. The fourth-order valence-electron chi connectivity index (χ4n) is 2.70. The molecular weight excluding hydrogens is 254 g/mol. The van der Waals surface area contributed by atoms with E-state index in [2.05, 4.69) is 17.2 Å². The van der Waals surface area contributed by atoms with Crippen molar-refractivity contribution in [1.82, 2.24) is 14.9 Å². The van der Waals surface area contributed by atoms with Crippen molar-refractivity contribution in [2.45, 2.75) is 38.8 Å². The van der Waals surface area contributed by atoms with Crippen LogP contribution in [0.1, 0.15) is 38.1 Å². The quantitative estimate of drug-likeness (QED) is 0.905. The second kappa shape index (κ2) is 5.07. The molecule has 1 aliphatic rings. The molecule has 3 rings (SSSR count). The van der Waals surface area contributed by atoms with Crippen molar-refractivity contribution >= 4 is 16.8 Å². The largest absolute Gasteiger partial charge is 0.346 e. The van der Waals surface area contributed by atoms with E-state index in [4.69, 9.17) is 0 Å². The molecule has 104 valence electrons. The van der Waals surface area contributed by atoms with Crippen LogP contribution in [0.4, 0.5) is 0 Å². The summed E-state index contributed by atoms with van der Waals surface area (Å²) in [6.07, 6.45) is 2.04. The van der Waals surface area contributed by atoms with Gasteiger partial charge in [0, 0.05) is 13.0 Å². The predicted molar refractivity (Wildman–Crippen MR) is 76.4 cm³/mol. The number of nitrogens with zero attached hydrogens (tertiary/aromatic N) is 2. The predicted octanol–water partition coefficient (Wildman–Crippen LogP) is 1.76. The summed E-state index contributed by atoms with van der Waals surface area (Å²) < 4.78 is 1.65. The number of para-hydroxylation sites is 1. The molecule has 0 radical (unpaired) electrons. The molecule has 5 heteroatoms. The number of amides is 1. The topological polar surface area (TPSA) is 64.0 Å². The van der Waals surface area contributed by atoms with E-state index in [9.17, 15) is 9.59 Å². The number of carbonyl (C=O) groups excluding carboxylic acids is 1. The minimum Gasteiger partial charge on any atom is -0.346 e. The van der Waals surface area contributed by atoms with E-state index in [0.717, 1.165) is 12.8 Å². The van der Waals surface area contributed by atoms with Crippen molar-refractivity contribution in [3.63, 3.8) is 0 Å². The lowest BCUT2D eigenvalue weighted by Crippen LogP contribution is -2.30. The smallest absolute Gasteiger partial charge is 0.261 e. The third-order valence-electron chi connectivity index (χ3n) is 3.68. The second-order valence-corrected chi connectivity index (χ2v) is 5.10. The van der Waals surface area contributed by atoms with Crippen molar-refractivity contribution in [3.8, 4) is 0 Å². The van der Waals surface area contributed by atoms with Gasteiger partial charge in [-0.15, -0.1) is 0 Å². The number of benzene rings is 1. The van der Waals surface area contributed by atoms with E-state index < -0.39 is 0 Å². The lowest BCUT2D eigenvalue weighted by Gasteiger charge is -2.18. The normalized spacial score (nSPS) is 18.4. The van der Waals surface area contributed by atoms with Crippen LogP contribution in [0.15, 0.2) is 29.1 Å². The van der Waals surface area contributed by atoms with Crippen LogP contribution in [-0.4, -0.2) is 15.5 Å². The van der Waals surface area contributed by atoms with Crippen molar-refractivity contribution in [1.29, 1.82) is 0 Å².